The molecule has 0 unspecified atom stereocenters. The fourth-order valence-corrected chi connectivity index (χ4v) is 7.75. The van der Waals surface area contributed by atoms with Crippen molar-refractivity contribution in [2.45, 2.75) is 41.5 Å². The van der Waals surface area contributed by atoms with Gasteiger partial charge in [0.1, 0.15) is 11.3 Å². The molecule has 0 saturated heterocycles. The molecule has 1 N–H and O–H groups in total. The number of benzene rings is 6. The normalized spacial score (nSPS) is 11.3. The van der Waals surface area contributed by atoms with E-state index in [1.807, 2.05) is 36.5 Å². The summed E-state index contributed by atoms with van der Waals surface area (Å²) >= 11 is 0. The zero-order valence-electron chi connectivity index (χ0n) is 29.5. The molecule has 254 valence electrons. The Hall–Kier alpha value is -5.31. The van der Waals surface area contributed by atoms with Gasteiger partial charge in [-0.2, -0.15) is 0 Å². The van der Waals surface area contributed by atoms with E-state index in [0.717, 1.165) is 44.3 Å². The molecule has 5 heteroatoms. The minimum atomic E-state index is 0. The number of nitrogens with zero attached hydrogens (tertiary/aromatic N) is 2. The first kappa shape index (κ1) is 34.2. The first-order valence-corrected chi connectivity index (χ1v) is 17.0. The number of pyridine rings is 1. The molecule has 0 amide bonds. The van der Waals surface area contributed by atoms with E-state index >= 15 is 0 Å². The average molecular weight is 845 g/mol. The van der Waals surface area contributed by atoms with Crippen LogP contribution in [0.3, 0.4) is 0 Å². The summed E-state index contributed by atoms with van der Waals surface area (Å²) in [5, 5.41) is 11.7. The fourth-order valence-electron chi connectivity index (χ4n) is 7.75. The van der Waals surface area contributed by atoms with Crippen molar-refractivity contribution < 1.29 is 30.6 Å². The topological polar surface area (TPSA) is 59.2 Å². The Morgan fingerprint density at radius 1 is 0.569 bits per heavy atom. The number of fused-ring (bicyclic) bond motifs is 2. The van der Waals surface area contributed by atoms with Gasteiger partial charge < -0.3 is 9.52 Å². The van der Waals surface area contributed by atoms with E-state index in [9.17, 15) is 5.11 Å². The SMILES string of the molecule is Cc1cc(C)c(-c2cc(-c3cc(-c4c(C)cc(C)cc4C)cc4cccnc34)[c-]c(-c3cccc4oc(-c5ccccc5O)nc34)c2)c(C)c1.[Pt]. The molecule has 0 fully saturated rings. The Bertz CT molecular complexity index is 2590. The van der Waals surface area contributed by atoms with Crippen molar-refractivity contribution in [1.29, 1.82) is 0 Å². The van der Waals surface area contributed by atoms with Crippen LogP contribution in [0.15, 0.2) is 114 Å². The maximum Gasteiger partial charge on any atom is 0.230 e. The van der Waals surface area contributed by atoms with Gasteiger partial charge in [-0.3, -0.25) is 4.98 Å². The van der Waals surface area contributed by atoms with E-state index in [1.54, 1.807) is 12.1 Å². The number of phenols is 1. The third-order valence-electron chi connectivity index (χ3n) is 9.64. The van der Waals surface area contributed by atoms with E-state index in [-0.39, 0.29) is 26.8 Å². The van der Waals surface area contributed by atoms with Gasteiger partial charge >= 0.3 is 0 Å². The second-order valence-corrected chi connectivity index (χ2v) is 13.5. The van der Waals surface area contributed by atoms with Gasteiger partial charge in [0.05, 0.1) is 11.1 Å². The van der Waals surface area contributed by atoms with Crippen LogP contribution in [0.5, 0.6) is 5.75 Å². The minimum absolute atomic E-state index is 0. The van der Waals surface area contributed by atoms with Crippen molar-refractivity contribution in [2.24, 2.45) is 0 Å². The van der Waals surface area contributed by atoms with Gasteiger partial charge in [0.2, 0.25) is 5.89 Å². The molecule has 0 aliphatic heterocycles. The molecular weight excluding hydrogens is 808 g/mol. The first-order valence-electron chi connectivity index (χ1n) is 17.0. The van der Waals surface area contributed by atoms with Crippen LogP contribution in [0.25, 0.3) is 78.0 Å². The standard InChI is InChI=1S/C46H37N2O2.Pt/c1-26-17-28(3)42(29(4)18-26)35-23-33(37-13-9-15-41-45(37)48-46(50-41)38-12-7-8-14-40(38)49)22-34(24-35)39-25-36(21-32-11-10-16-47-44(32)39)43-30(5)19-27(2)20-31(43)6;/h7-21,23-25,49H,1-6H3;/q-1;. The molecule has 8 aromatic rings. The van der Waals surface area contributed by atoms with E-state index < -0.39 is 0 Å². The van der Waals surface area contributed by atoms with Crippen LogP contribution in [0.1, 0.15) is 33.4 Å². The van der Waals surface area contributed by atoms with Crippen molar-refractivity contribution >= 4 is 22.0 Å². The molecule has 2 aromatic heterocycles. The Labute approximate surface area is 313 Å². The predicted octanol–water partition coefficient (Wildman–Crippen LogP) is 12.1. The maximum atomic E-state index is 10.6. The molecule has 0 spiro atoms. The zero-order valence-corrected chi connectivity index (χ0v) is 31.7. The van der Waals surface area contributed by atoms with Gasteiger partial charge in [0.25, 0.3) is 0 Å². The molecule has 0 aliphatic rings. The summed E-state index contributed by atoms with van der Waals surface area (Å²) in [5.41, 5.74) is 18.7. The molecule has 4 nitrogen and oxygen atoms in total. The third-order valence-corrected chi connectivity index (χ3v) is 9.64. The smallest absolute Gasteiger partial charge is 0.230 e. The van der Waals surface area contributed by atoms with E-state index in [0.29, 0.717) is 22.6 Å². The number of aryl methyl sites for hydroxylation is 6. The van der Waals surface area contributed by atoms with Gasteiger partial charge in [-0.05, 0) is 116 Å². The summed E-state index contributed by atoms with van der Waals surface area (Å²) < 4.78 is 6.24. The maximum absolute atomic E-state index is 10.6. The number of rotatable bonds is 5. The summed E-state index contributed by atoms with van der Waals surface area (Å²) in [4.78, 5) is 9.87. The number of para-hydroxylation sites is 2. The van der Waals surface area contributed by atoms with Crippen molar-refractivity contribution in [2.75, 3.05) is 0 Å². The molecule has 0 saturated carbocycles. The monoisotopic (exact) mass is 844 g/mol. The predicted molar refractivity (Wildman–Crippen MR) is 205 cm³/mol. The van der Waals surface area contributed by atoms with Crippen LogP contribution in [-0.4, -0.2) is 15.1 Å². The van der Waals surface area contributed by atoms with Crippen molar-refractivity contribution in [3.63, 3.8) is 0 Å². The van der Waals surface area contributed by atoms with E-state index in [2.05, 4.69) is 108 Å². The number of hydrogen-bond donors (Lipinski definition) is 1. The third kappa shape index (κ3) is 6.19. The summed E-state index contributed by atoms with van der Waals surface area (Å²) in [5.74, 6) is 0.499. The first-order chi connectivity index (χ1) is 24.1. The Morgan fingerprint density at radius 3 is 1.80 bits per heavy atom. The van der Waals surface area contributed by atoms with Crippen LogP contribution >= 0.6 is 0 Å². The van der Waals surface area contributed by atoms with E-state index in [4.69, 9.17) is 14.4 Å². The van der Waals surface area contributed by atoms with Crippen LogP contribution in [-0.2, 0) is 21.1 Å². The summed E-state index contributed by atoms with van der Waals surface area (Å²) in [6, 6.07) is 39.1. The molecule has 0 atom stereocenters. The Morgan fingerprint density at radius 2 is 1.16 bits per heavy atom. The molecule has 8 rings (SSSR count). The molecule has 0 aliphatic carbocycles. The number of oxazole rings is 1. The van der Waals surface area contributed by atoms with Gasteiger partial charge in [0, 0.05) is 32.8 Å². The number of phenolic OH excluding ortho intramolecular Hbond substituents is 1. The summed E-state index contributed by atoms with van der Waals surface area (Å²) in [6.45, 7) is 13.0. The number of aromatic nitrogens is 2. The van der Waals surface area contributed by atoms with Gasteiger partial charge in [-0.1, -0.05) is 88.5 Å². The molecule has 51 heavy (non-hydrogen) atoms. The molecule has 2 heterocycles. The summed E-state index contributed by atoms with van der Waals surface area (Å²) in [7, 11) is 0. The molecule has 0 bridgehead atoms. The minimum Gasteiger partial charge on any atom is -0.507 e. The Kier molecular flexibility index (Phi) is 8.99. The largest absolute Gasteiger partial charge is 0.507 e. The summed E-state index contributed by atoms with van der Waals surface area (Å²) in [6.07, 6.45) is 1.86. The van der Waals surface area contributed by atoms with Crippen LogP contribution in [0.2, 0.25) is 0 Å². The fraction of sp³-hybridized carbons (Fsp3) is 0.130. The average Bonchev–Trinajstić information content (AvgIpc) is 3.51. The zero-order chi connectivity index (χ0) is 34.7. The van der Waals surface area contributed by atoms with Crippen molar-refractivity contribution in [3.05, 3.63) is 149 Å². The number of hydrogen-bond acceptors (Lipinski definition) is 4. The van der Waals surface area contributed by atoms with Crippen LogP contribution in [0.4, 0.5) is 0 Å². The second-order valence-electron chi connectivity index (χ2n) is 13.5. The number of aromatic hydroxyl groups is 1. The Balaban J connectivity index is 0.00000406. The van der Waals surface area contributed by atoms with Gasteiger partial charge in [-0.15, -0.1) is 29.3 Å². The van der Waals surface area contributed by atoms with Crippen molar-refractivity contribution in [1.82, 2.24) is 9.97 Å². The van der Waals surface area contributed by atoms with E-state index in [1.165, 1.54) is 44.5 Å². The van der Waals surface area contributed by atoms with Crippen LogP contribution < -0.4 is 0 Å². The second kappa shape index (κ2) is 13.4. The van der Waals surface area contributed by atoms with Gasteiger partial charge in [0.15, 0.2) is 0 Å². The van der Waals surface area contributed by atoms with Crippen LogP contribution in [0, 0.1) is 47.6 Å². The molecule has 0 radical (unpaired) electrons. The molecular formula is C46H37N2O2Pt-. The van der Waals surface area contributed by atoms with Crippen molar-refractivity contribution in [3.8, 4) is 61.7 Å². The quantitative estimate of drug-likeness (QED) is 0.175. The van der Waals surface area contributed by atoms with Gasteiger partial charge in [-0.25, -0.2) is 4.98 Å². The molecule has 6 aromatic carbocycles.